The van der Waals surface area contributed by atoms with Crippen LogP contribution >= 0.6 is 0 Å². The summed E-state index contributed by atoms with van der Waals surface area (Å²) in [6.07, 6.45) is 2.85. The van der Waals surface area contributed by atoms with Gasteiger partial charge in [-0.05, 0) is 24.6 Å². The summed E-state index contributed by atoms with van der Waals surface area (Å²) in [5.74, 6) is 0.966. The van der Waals surface area contributed by atoms with Gasteiger partial charge in [0.2, 0.25) is 0 Å². The minimum atomic E-state index is 0.856. The second-order valence-electron chi connectivity index (χ2n) is 3.05. The minimum Gasteiger partial charge on any atom is -0.496 e. The standard InChI is InChI=1S/C12H17NO/c1-3-9-13-10-8-11-6-4-5-7-12(11)14-2/h3-7,13H,1,8-10H2,2H3. The Hall–Kier alpha value is -1.28. The first-order valence-electron chi connectivity index (χ1n) is 4.82. The lowest BCUT2D eigenvalue weighted by Crippen LogP contribution is -2.16. The van der Waals surface area contributed by atoms with Crippen molar-refractivity contribution in [3.05, 3.63) is 42.5 Å². The maximum absolute atomic E-state index is 5.25. The summed E-state index contributed by atoms with van der Waals surface area (Å²) in [5, 5.41) is 3.26. The lowest BCUT2D eigenvalue weighted by Gasteiger charge is -2.07. The highest BCUT2D eigenvalue weighted by Crippen LogP contribution is 2.16. The van der Waals surface area contributed by atoms with Gasteiger partial charge in [0.25, 0.3) is 0 Å². The second kappa shape index (κ2) is 6.22. The summed E-state index contributed by atoms with van der Waals surface area (Å²) < 4.78 is 5.25. The molecule has 0 saturated carbocycles. The summed E-state index contributed by atoms with van der Waals surface area (Å²) >= 11 is 0. The maximum atomic E-state index is 5.25. The van der Waals surface area contributed by atoms with Crippen LogP contribution < -0.4 is 10.1 Å². The Bertz CT molecular complexity index is 283. The summed E-state index contributed by atoms with van der Waals surface area (Å²) in [5.41, 5.74) is 1.24. The van der Waals surface area contributed by atoms with Crippen molar-refractivity contribution in [2.24, 2.45) is 0 Å². The van der Waals surface area contributed by atoms with E-state index in [4.69, 9.17) is 4.74 Å². The van der Waals surface area contributed by atoms with Crippen LogP contribution in [0.1, 0.15) is 5.56 Å². The van der Waals surface area contributed by atoms with E-state index < -0.39 is 0 Å². The molecule has 0 aliphatic heterocycles. The lowest BCUT2D eigenvalue weighted by molar-refractivity contribution is 0.409. The number of benzene rings is 1. The molecule has 2 heteroatoms. The first-order valence-corrected chi connectivity index (χ1v) is 4.82. The summed E-state index contributed by atoms with van der Waals surface area (Å²) in [6, 6.07) is 8.10. The molecule has 14 heavy (non-hydrogen) atoms. The molecule has 0 saturated heterocycles. The third kappa shape index (κ3) is 3.23. The molecule has 0 spiro atoms. The third-order valence-corrected chi connectivity index (χ3v) is 2.05. The Morgan fingerprint density at radius 1 is 1.43 bits per heavy atom. The van der Waals surface area contributed by atoms with E-state index in [9.17, 15) is 0 Å². The molecule has 1 aromatic carbocycles. The van der Waals surface area contributed by atoms with Crippen LogP contribution in [-0.4, -0.2) is 20.2 Å². The normalized spacial score (nSPS) is 9.79. The average molecular weight is 191 g/mol. The van der Waals surface area contributed by atoms with Gasteiger partial charge in [0.15, 0.2) is 0 Å². The molecule has 0 radical (unpaired) electrons. The summed E-state index contributed by atoms with van der Waals surface area (Å²) in [6.45, 7) is 5.46. The van der Waals surface area contributed by atoms with Crippen LogP contribution in [0.5, 0.6) is 5.75 Å². The Labute approximate surface area is 85.6 Å². The highest BCUT2D eigenvalue weighted by atomic mass is 16.5. The first kappa shape index (κ1) is 10.8. The van der Waals surface area contributed by atoms with E-state index in [1.165, 1.54) is 5.56 Å². The minimum absolute atomic E-state index is 0.856. The number of methoxy groups -OCH3 is 1. The van der Waals surface area contributed by atoms with Crippen LogP contribution in [0.2, 0.25) is 0 Å². The van der Waals surface area contributed by atoms with Crippen molar-refractivity contribution in [3.63, 3.8) is 0 Å². The van der Waals surface area contributed by atoms with Crippen molar-refractivity contribution >= 4 is 0 Å². The molecule has 2 nitrogen and oxygen atoms in total. The van der Waals surface area contributed by atoms with Gasteiger partial charge < -0.3 is 10.1 Å². The monoisotopic (exact) mass is 191 g/mol. The molecule has 0 aliphatic carbocycles. The van der Waals surface area contributed by atoms with E-state index in [0.717, 1.165) is 25.3 Å². The zero-order valence-corrected chi connectivity index (χ0v) is 8.62. The quantitative estimate of drug-likeness (QED) is 0.548. The van der Waals surface area contributed by atoms with Crippen molar-refractivity contribution in [1.82, 2.24) is 5.32 Å². The van der Waals surface area contributed by atoms with Gasteiger partial charge in [0.05, 0.1) is 7.11 Å². The van der Waals surface area contributed by atoms with Crippen molar-refractivity contribution in [2.45, 2.75) is 6.42 Å². The van der Waals surface area contributed by atoms with E-state index in [0.29, 0.717) is 0 Å². The zero-order chi connectivity index (χ0) is 10.2. The van der Waals surface area contributed by atoms with Crippen LogP contribution in [0, 0.1) is 0 Å². The van der Waals surface area contributed by atoms with Crippen molar-refractivity contribution in [1.29, 1.82) is 0 Å². The van der Waals surface area contributed by atoms with E-state index in [-0.39, 0.29) is 0 Å². The van der Waals surface area contributed by atoms with Crippen LogP contribution in [0.25, 0.3) is 0 Å². The molecule has 0 aromatic heterocycles. The molecule has 76 valence electrons. The number of hydrogen-bond donors (Lipinski definition) is 1. The molecule has 0 bridgehead atoms. The Morgan fingerprint density at radius 2 is 2.21 bits per heavy atom. The average Bonchev–Trinajstić information content (AvgIpc) is 2.25. The zero-order valence-electron chi connectivity index (χ0n) is 8.62. The molecule has 1 aromatic rings. The Morgan fingerprint density at radius 3 is 2.93 bits per heavy atom. The molecule has 0 heterocycles. The first-order chi connectivity index (χ1) is 6.88. The number of ether oxygens (including phenoxy) is 1. The largest absolute Gasteiger partial charge is 0.496 e. The number of rotatable bonds is 6. The topological polar surface area (TPSA) is 21.3 Å². The van der Waals surface area contributed by atoms with E-state index >= 15 is 0 Å². The highest BCUT2D eigenvalue weighted by molar-refractivity contribution is 5.33. The summed E-state index contributed by atoms with van der Waals surface area (Å²) in [7, 11) is 1.70. The van der Waals surface area contributed by atoms with Crippen molar-refractivity contribution < 1.29 is 4.74 Å². The van der Waals surface area contributed by atoms with Crippen LogP contribution in [-0.2, 0) is 6.42 Å². The van der Waals surface area contributed by atoms with Crippen LogP contribution in [0.4, 0.5) is 0 Å². The number of para-hydroxylation sites is 1. The molecular formula is C12H17NO. The number of nitrogens with one attached hydrogen (secondary N) is 1. The predicted octanol–water partition coefficient (Wildman–Crippen LogP) is 2.01. The van der Waals surface area contributed by atoms with Gasteiger partial charge in [-0.25, -0.2) is 0 Å². The van der Waals surface area contributed by atoms with Crippen LogP contribution in [0.3, 0.4) is 0 Å². The number of hydrogen-bond acceptors (Lipinski definition) is 2. The van der Waals surface area contributed by atoms with Crippen molar-refractivity contribution in [2.75, 3.05) is 20.2 Å². The van der Waals surface area contributed by atoms with E-state index in [1.54, 1.807) is 7.11 Å². The predicted molar refractivity (Wildman–Crippen MR) is 59.8 cm³/mol. The Balaban J connectivity index is 2.44. The smallest absolute Gasteiger partial charge is 0.122 e. The fourth-order valence-corrected chi connectivity index (χ4v) is 1.34. The van der Waals surface area contributed by atoms with Gasteiger partial charge >= 0.3 is 0 Å². The SMILES string of the molecule is C=CCNCCc1ccccc1OC. The van der Waals surface area contributed by atoms with Gasteiger partial charge in [-0.15, -0.1) is 6.58 Å². The highest BCUT2D eigenvalue weighted by Gasteiger charge is 1.99. The molecule has 0 unspecified atom stereocenters. The van der Waals surface area contributed by atoms with Crippen molar-refractivity contribution in [3.8, 4) is 5.75 Å². The van der Waals surface area contributed by atoms with Gasteiger partial charge in [-0.2, -0.15) is 0 Å². The molecule has 0 amide bonds. The fraction of sp³-hybridized carbons (Fsp3) is 0.333. The second-order valence-corrected chi connectivity index (χ2v) is 3.05. The van der Waals surface area contributed by atoms with Gasteiger partial charge in [0, 0.05) is 6.54 Å². The third-order valence-electron chi connectivity index (χ3n) is 2.05. The molecule has 0 fully saturated rings. The Kier molecular flexibility index (Phi) is 4.79. The summed E-state index contributed by atoms with van der Waals surface area (Å²) in [4.78, 5) is 0. The van der Waals surface area contributed by atoms with Gasteiger partial charge in [-0.3, -0.25) is 0 Å². The van der Waals surface area contributed by atoms with E-state index in [1.807, 2.05) is 24.3 Å². The van der Waals surface area contributed by atoms with Crippen LogP contribution in [0.15, 0.2) is 36.9 Å². The van der Waals surface area contributed by atoms with Gasteiger partial charge in [-0.1, -0.05) is 24.3 Å². The molecule has 0 atom stereocenters. The molecular weight excluding hydrogens is 174 g/mol. The van der Waals surface area contributed by atoms with E-state index in [2.05, 4.69) is 18.0 Å². The van der Waals surface area contributed by atoms with Gasteiger partial charge in [0.1, 0.15) is 5.75 Å². The molecule has 1 rings (SSSR count). The fourth-order valence-electron chi connectivity index (χ4n) is 1.34. The molecule has 0 aliphatic rings. The lowest BCUT2D eigenvalue weighted by atomic mass is 10.1. The molecule has 1 N–H and O–H groups in total. The maximum Gasteiger partial charge on any atom is 0.122 e.